The van der Waals surface area contributed by atoms with Gasteiger partial charge in [-0.2, -0.15) is 0 Å². The zero-order chi connectivity index (χ0) is 17.2. The number of para-hydroxylation sites is 1. The van der Waals surface area contributed by atoms with Crippen LogP contribution in [0.1, 0.15) is 17.0 Å². The molecule has 1 aliphatic rings. The van der Waals surface area contributed by atoms with Crippen LogP contribution in [0, 0.1) is 5.82 Å². The Hall–Kier alpha value is -2.53. The number of hydrogen-bond acceptors (Lipinski definition) is 3. The lowest BCUT2D eigenvalue weighted by Crippen LogP contribution is -2.28. The molecule has 4 rings (SSSR count). The molecule has 0 spiro atoms. The molecule has 25 heavy (non-hydrogen) atoms. The van der Waals surface area contributed by atoms with Gasteiger partial charge < -0.3 is 4.90 Å². The first-order valence-corrected chi connectivity index (χ1v) is 9.17. The van der Waals surface area contributed by atoms with E-state index in [1.165, 1.54) is 17.7 Å². The van der Waals surface area contributed by atoms with Crippen LogP contribution in [0.4, 0.5) is 10.1 Å². The summed E-state index contributed by atoms with van der Waals surface area (Å²) in [4.78, 5) is 19.0. The molecule has 3 aromatic rings. The topological polar surface area (TPSA) is 33.2 Å². The van der Waals surface area contributed by atoms with Gasteiger partial charge in [-0.15, -0.1) is 11.3 Å². The minimum atomic E-state index is -0.254. The van der Waals surface area contributed by atoms with E-state index in [2.05, 4.69) is 11.1 Å². The fourth-order valence-electron chi connectivity index (χ4n) is 3.13. The van der Waals surface area contributed by atoms with Crippen molar-refractivity contribution in [3.63, 3.8) is 0 Å². The Morgan fingerprint density at radius 2 is 1.96 bits per heavy atom. The van der Waals surface area contributed by atoms with Crippen molar-refractivity contribution in [3.05, 3.63) is 70.3 Å². The van der Waals surface area contributed by atoms with Crippen molar-refractivity contribution in [1.29, 1.82) is 0 Å². The average molecular weight is 352 g/mol. The SMILES string of the molecule is O=C(CCc1nc(-c2ccc(F)cc2)cs1)N1CCc2ccccc21. The summed E-state index contributed by atoms with van der Waals surface area (Å²) in [5.74, 6) is -0.112. The number of rotatable bonds is 4. The number of halogens is 1. The van der Waals surface area contributed by atoms with Gasteiger partial charge in [0.15, 0.2) is 0 Å². The largest absolute Gasteiger partial charge is 0.312 e. The van der Waals surface area contributed by atoms with E-state index >= 15 is 0 Å². The summed E-state index contributed by atoms with van der Waals surface area (Å²) < 4.78 is 13.0. The smallest absolute Gasteiger partial charge is 0.227 e. The maximum Gasteiger partial charge on any atom is 0.227 e. The Morgan fingerprint density at radius 1 is 1.16 bits per heavy atom. The lowest BCUT2D eigenvalue weighted by Gasteiger charge is -2.16. The van der Waals surface area contributed by atoms with Gasteiger partial charge in [0.25, 0.3) is 0 Å². The van der Waals surface area contributed by atoms with E-state index in [4.69, 9.17) is 0 Å². The summed E-state index contributed by atoms with van der Waals surface area (Å²) >= 11 is 1.54. The van der Waals surface area contributed by atoms with Crippen LogP contribution < -0.4 is 4.90 Å². The van der Waals surface area contributed by atoms with Gasteiger partial charge in [-0.1, -0.05) is 18.2 Å². The van der Waals surface area contributed by atoms with Gasteiger partial charge in [0, 0.05) is 36.0 Å². The van der Waals surface area contributed by atoms with Gasteiger partial charge in [-0.3, -0.25) is 4.79 Å². The Balaban J connectivity index is 1.41. The minimum Gasteiger partial charge on any atom is -0.312 e. The first-order valence-electron chi connectivity index (χ1n) is 8.29. The average Bonchev–Trinajstić information content (AvgIpc) is 3.27. The third kappa shape index (κ3) is 3.33. The number of thiazole rings is 1. The van der Waals surface area contributed by atoms with E-state index in [-0.39, 0.29) is 11.7 Å². The van der Waals surface area contributed by atoms with Crippen LogP contribution in [0.25, 0.3) is 11.3 Å². The molecule has 126 valence electrons. The van der Waals surface area contributed by atoms with Gasteiger partial charge >= 0.3 is 0 Å². The summed E-state index contributed by atoms with van der Waals surface area (Å²) in [6.45, 7) is 0.761. The van der Waals surface area contributed by atoms with Gasteiger partial charge in [-0.05, 0) is 42.3 Å². The van der Waals surface area contributed by atoms with E-state index in [9.17, 15) is 9.18 Å². The zero-order valence-electron chi connectivity index (χ0n) is 13.6. The molecule has 5 heteroatoms. The summed E-state index contributed by atoms with van der Waals surface area (Å²) in [6, 6.07) is 14.4. The molecule has 0 saturated carbocycles. The van der Waals surface area contributed by atoms with Crippen LogP contribution in [-0.4, -0.2) is 17.4 Å². The molecule has 1 amide bonds. The van der Waals surface area contributed by atoms with Gasteiger partial charge in [0.05, 0.1) is 10.7 Å². The highest BCUT2D eigenvalue weighted by molar-refractivity contribution is 7.09. The standard InChI is InChI=1S/C20H17FN2OS/c21-16-7-5-14(6-8-16)17-13-25-19(22-17)9-10-20(24)23-12-11-15-3-1-2-4-18(15)23/h1-8,13H,9-12H2. The maximum absolute atomic E-state index is 13.0. The summed E-state index contributed by atoms with van der Waals surface area (Å²) in [6.07, 6.45) is 2.00. The van der Waals surface area contributed by atoms with Crippen molar-refractivity contribution in [3.8, 4) is 11.3 Å². The van der Waals surface area contributed by atoms with Gasteiger partial charge in [0.2, 0.25) is 5.91 Å². The fraction of sp³-hybridized carbons (Fsp3) is 0.200. The van der Waals surface area contributed by atoms with Crippen LogP contribution in [0.5, 0.6) is 0 Å². The Morgan fingerprint density at radius 3 is 2.80 bits per heavy atom. The van der Waals surface area contributed by atoms with Crippen molar-refractivity contribution >= 4 is 22.9 Å². The van der Waals surface area contributed by atoms with E-state index in [0.717, 1.165) is 34.9 Å². The molecule has 0 N–H and O–H groups in total. The molecule has 0 unspecified atom stereocenters. The highest BCUT2D eigenvalue weighted by Gasteiger charge is 2.23. The molecular formula is C20H17FN2OS. The van der Waals surface area contributed by atoms with Crippen molar-refractivity contribution < 1.29 is 9.18 Å². The van der Waals surface area contributed by atoms with E-state index in [1.54, 1.807) is 23.5 Å². The second-order valence-corrected chi connectivity index (χ2v) is 7.00. The first-order chi connectivity index (χ1) is 12.2. The lowest BCUT2D eigenvalue weighted by molar-refractivity contribution is -0.118. The number of carbonyl (C=O) groups excluding carboxylic acids is 1. The Kier molecular flexibility index (Phi) is 4.32. The highest BCUT2D eigenvalue weighted by Crippen LogP contribution is 2.28. The molecule has 3 nitrogen and oxygen atoms in total. The second kappa shape index (κ2) is 6.76. The van der Waals surface area contributed by atoms with E-state index in [0.29, 0.717) is 12.8 Å². The predicted molar refractivity (Wildman–Crippen MR) is 98.3 cm³/mol. The normalized spacial score (nSPS) is 13.1. The van der Waals surface area contributed by atoms with Crippen molar-refractivity contribution in [2.24, 2.45) is 0 Å². The number of nitrogens with zero attached hydrogens (tertiary/aromatic N) is 2. The maximum atomic E-state index is 13.0. The number of fused-ring (bicyclic) bond motifs is 1. The van der Waals surface area contributed by atoms with E-state index in [1.807, 2.05) is 28.5 Å². The number of aryl methyl sites for hydroxylation is 1. The second-order valence-electron chi connectivity index (χ2n) is 6.06. The number of hydrogen-bond donors (Lipinski definition) is 0. The van der Waals surface area contributed by atoms with Crippen LogP contribution >= 0.6 is 11.3 Å². The van der Waals surface area contributed by atoms with Gasteiger partial charge in [-0.25, -0.2) is 9.37 Å². The molecule has 1 aromatic heterocycles. The molecule has 0 saturated heterocycles. The van der Waals surface area contributed by atoms with Crippen molar-refractivity contribution in [2.45, 2.75) is 19.3 Å². The number of carbonyl (C=O) groups is 1. The minimum absolute atomic E-state index is 0.142. The molecular weight excluding hydrogens is 335 g/mol. The monoisotopic (exact) mass is 352 g/mol. The first kappa shape index (κ1) is 16.0. The summed E-state index contributed by atoms with van der Waals surface area (Å²) in [5.41, 5.74) is 4.00. The fourth-order valence-corrected chi connectivity index (χ4v) is 3.93. The number of amides is 1. The van der Waals surface area contributed by atoms with Crippen molar-refractivity contribution in [2.75, 3.05) is 11.4 Å². The molecule has 0 fully saturated rings. The highest BCUT2D eigenvalue weighted by atomic mass is 32.1. The summed E-state index contributed by atoms with van der Waals surface area (Å²) in [5, 5.41) is 2.89. The lowest BCUT2D eigenvalue weighted by atomic mass is 10.2. The number of anilines is 1. The molecule has 1 aliphatic heterocycles. The Bertz CT molecular complexity index is 904. The van der Waals surface area contributed by atoms with Crippen LogP contribution in [-0.2, 0) is 17.6 Å². The molecule has 2 aromatic carbocycles. The van der Waals surface area contributed by atoms with Gasteiger partial charge in [0.1, 0.15) is 5.82 Å². The third-order valence-electron chi connectivity index (χ3n) is 4.43. The summed E-state index contributed by atoms with van der Waals surface area (Å²) in [7, 11) is 0. The Labute approximate surface area is 149 Å². The third-order valence-corrected chi connectivity index (χ3v) is 5.34. The number of aromatic nitrogens is 1. The van der Waals surface area contributed by atoms with Crippen LogP contribution in [0.3, 0.4) is 0 Å². The molecule has 0 radical (unpaired) electrons. The molecule has 0 atom stereocenters. The molecule has 2 heterocycles. The number of benzene rings is 2. The zero-order valence-corrected chi connectivity index (χ0v) is 14.4. The van der Waals surface area contributed by atoms with Crippen LogP contribution in [0.2, 0.25) is 0 Å². The molecule has 0 bridgehead atoms. The quantitative estimate of drug-likeness (QED) is 0.694. The molecule has 0 aliphatic carbocycles. The van der Waals surface area contributed by atoms with Crippen LogP contribution in [0.15, 0.2) is 53.9 Å². The predicted octanol–water partition coefficient (Wildman–Crippen LogP) is 4.47. The van der Waals surface area contributed by atoms with Crippen molar-refractivity contribution in [1.82, 2.24) is 4.98 Å². The van der Waals surface area contributed by atoms with E-state index < -0.39 is 0 Å².